The Kier molecular flexibility index (Phi) is 6.20. The Hall–Kier alpha value is -3.22. The molecule has 0 unspecified atom stereocenters. The van der Waals surface area contributed by atoms with E-state index in [-0.39, 0.29) is 10.7 Å². The molecule has 1 amide bonds. The molecule has 2 aromatic heterocycles. The van der Waals surface area contributed by atoms with Crippen molar-refractivity contribution >= 4 is 35.6 Å². The number of halogens is 1. The van der Waals surface area contributed by atoms with Crippen LogP contribution >= 0.6 is 0 Å². The molecule has 30 heavy (non-hydrogen) atoms. The summed E-state index contributed by atoms with van der Waals surface area (Å²) in [5.74, 6) is 1.49. The molecule has 0 radical (unpaired) electrons. The molecule has 1 saturated carbocycles. The maximum absolute atomic E-state index is 13.3. The number of hydrogen-bond acceptors (Lipinski definition) is 3. The molecule has 6 nitrogen and oxygen atoms in total. The molecule has 7 heteroatoms. The number of fused-ring (bicyclic) bond motifs is 1. The van der Waals surface area contributed by atoms with Crippen molar-refractivity contribution in [3.63, 3.8) is 0 Å². The van der Waals surface area contributed by atoms with Crippen molar-refractivity contribution in [1.82, 2.24) is 19.2 Å². The summed E-state index contributed by atoms with van der Waals surface area (Å²) in [6.07, 6.45) is 4.19. The van der Waals surface area contributed by atoms with Crippen molar-refractivity contribution in [2.45, 2.75) is 33.2 Å². The SMILES string of the molecule is C=Cc1cc(-c2nc3cc(C(=O)N(C)F)ccc3n2C)n(CC2CC2)c1N=C.CC. The smallest absolute Gasteiger partial charge is 0.281 e. The van der Waals surface area contributed by atoms with E-state index in [2.05, 4.69) is 22.9 Å². The summed E-state index contributed by atoms with van der Waals surface area (Å²) < 4.78 is 17.4. The first kappa shape index (κ1) is 21.5. The van der Waals surface area contributed by atoms with Crippen LogP contribution in [0.15, 0.2) is 35.8 Å². The number of aliphatic imine (C=N–C) groups is 1. The predicted molar refractivity (Wildman–Crippen MR) is 121 cm³/mol. The zero-order valence-electron chi connectivity index (χ0n) is 18.0. The number of rotatable bonds is 6. The summed E-state index contributed by atoms with van der Waals surface area (Å²) in [6, 6.07) is 7.04. The minimum absolute atomic E-state index is 0.0736. The summed E-state index contributed by atoms with van der Waals surface area (Å²) in [4.78, 5) is 20.9. The van der Waals surface area contributed by atoms with Gasteiger partial charge in [0.15, 0.2) is 5.82 Å². The number of carbonyl (C=O) groups excluding carboxylic acids is 1. The van der Waals surface area contributed by atoms with Gasteiger partial charge in [-0.1, -0.05) is 31.0 Å². The van der Waals surface area contributed by atoms with Gasteiger partial charge in [-0.3, -0.25) is 4.79 Å². The van der Waals surface area contributed by atoms with Crippen molar-refractivity contribution in [2.24, 2.45) is 18.0 Å². The highest BCUT2D eigenvalue weighted by Gasteiger charge is 2.26. The number of imidazole rings is 1. The molecule has 1 aliphatic rings. The highest BCUT2D eigenvalue weighted by Crippen LogP contribution is 2.38. The van der Waals surface area contributed by atoms with Crippen LogP contribution in [-0.2, 0) is 13.6 Å². The van der Waals surface area contributed by atoms with Gasteiger partial charge in [0.25, 0.3) is 5.91 Å². The highest BCUT2D eigenvalue weighted by molar-refractivity contribution is 5.97. The molecule has 2 heterocycles. The molecule has 0 aliphatic heterocycles. The van der Waals surface area contributed by atoms with E-state index in [0.29, 0.717) is 11.4 Å². The fraction of sp³-hybridized carbons (Fsp3) is 0.348. The Bertz CT molecular complexity index is 1100. The lowest BCUT2D eigenvalue weighted by Gasteiger charge is -2.11. The summed E-state index contributed by atoms with van der Waals surface area (Å²) in [7, 11) is 3.01. The first-order valence-electron chi connectivity index (χ1n) is 10.2. The maximum Gasteiger partial charge on any atom is 0.281 e. The van der Waals surface area contributed by atoms with E-state index < -0.39 is 5.91 Å². The van der Waals surface area contributed by atoms with E-state index >= 15 is 0 Å². The third-order valence-electron chi connectivity index (χ3n) is 5.24. The molecule has 1 aliphatic carbocycles. The van der Waals surface area contributed by atoms with Gasteiger partial charge in [0, 0.05) is 31.8 Å². The number of aryl methyl sites for hydroxylation is 1. The van der Waals surface area contributed by atoms with Gasteiger partial charge >= 0.3 is 0 Å². The Balaban J connectivity index is 0.00000124. The lowest BCUT2D eigenvalue weighted by molar-refractivity contribution is 0.0343. The van der Waals surface area contributed by atoms with Crippen LogP contribution < -0.4 is 0 Å². The standard InChI is InChI=1S/C21H22FN5O.C2H6/c1-5-14-11-18(27(19(14)23-2)12-13-6-7-13)20-24-16-10-15(21(28)26(4)22)8-9-17(16)25(20)3;1-2/h5,8-11,13H,1-2,6-7,12H2,3-4H3;1-2H3. The van der Waals surface area contributed by atoms with E-state index in [9.17, 15) is 9.28 Å². The van der Waals surface area contributed by atoms with Gasteiger partial charge in [0.05, 0.1) is 16.7 Å². The topological polar surface area (TPSA) is 55.4 Å². The van der Waals surface area contributed by atoms with Gasteiger partial charge in [0.2, 0.25) is 0 Å². The quantitative estimate of drug-likeness (QED) is 0.404. The summed E-state index contributed by atoms with van der Waals surface area (Å²) in [6.45, 7) is 12.5. The van der Waals surface area contributed by atoms with Crippen LogP contribution in [0.4, 0.5) is 10.3 Å². The van der Waals surface area contributed by atoms with Crippen molar-refractivity contribution < 1.29 is 9.28 Å². The van der Waals surface area contributed by atoms with Crippen molar-refractivity contribution in [3.8, 4) is 11.5 Å². The third-order valence-corrected chi connectivity index (χ3v) is 5.24. The summed E-state index contributed by atoms with van der Waals surface area (Å²) in [5, 5.41) is 0.0736. The first-order chi connectivity index (χ1) is 14.4. The zero-order valence-corrected chi connectivity index (χ0v) is 18.0. The van der Waals surface area contributed by atoms with Gasteiger partial charge in [-0.15, -0.1) is 0 Å². The zero-order chi connectivity index (χ0) is 22.0. The van der Waals surface area contributed by atoms with Crippen LogP contribution in [0.3, 0.4) is 0 Å². The highest BCUT2D eigenvalue weighted by atomic mass is 19.2. The van der Waals surface area contributed by atoms with Crippen molar-refractivity contribution in [1.29, 1.82) is 0 Å². The van der Waals surface area contributed by atoms with E-state index in [1.54, 1.807) is 24.3 Å². The molecule has 4 rings (SSSR count). The average molecular weight is 410 g/mol. The molecule has 0 saturated heterocycles. The lowest BCUT2D eigenvalue weighted by Crippen LogP contribution is -2.17. The van der Waals surface area contributed by atoms with Crippen LogP contribution in [0.5, 0.6) is 0 Å². The third kappa shape index (κ3) is 3.79. The van der Waals surface area contributed by atoms with Gasteiger partial charge < -0.3 is 9.13 Å². The van der Waals surface area contributed by atoms with Crippen LogP contribution in [0.25, 0.3) is 28.6 Å². The molecular formula is C23H28FN5O. The Morgan fingerprint density at radius 1 is 1.37 bits per heavy atom. The van der Waals surface area contributed by atoms with Crippen LogP contribution in [0.1, 0.15) is 42.6 Å². The van der Waals surface area contributed by atoms with Gasteiger partial charge in [0.1, 0.15) is 5.82 Å². The van der Waals surface area contributed by atoms with E-state index in [1.165, 1.54) is 12.8 Å². The molecule has 158 valence electrons. The van der Waals surface area contributed by atoms with Crippen LogP contribution in [-0.4, -0.2) is 38.9 Å². The van der Waals surface area contributed by atoms with Crippen LogP contribution in [0.2, 0.25) is 0 Å². The largest absolute Gasteiger partial charge is 0.326 e. The number of nitrogens with zero attached hydrogens (tertiary/aromatic N) is 5. The predicted octanol–water partition coefficient (Wildman–Crippen LogP) is 5.41. The first-order valence-corrected chi connectivity index (χ1v) is 10.2. The van der Waals surface area contributed by atoms with Gasteiger partial charge in [-0.25, -0.2) is 9.98 Å². The molecule has 0 spiro atoms. The molecule has 0 bridgehead atoms. The summed E-state index contributed by atoms with van der Waals surface area (Å²) in [5.41, 5.74) is 3.60. The molecule has 1 fully saturated rings. The minimum Gasteiger partial charge on any atom is -0.326 e. The number of carbonyl (C=O) groups is 1. The van der Waals surface area contributed by atoms with Gasteiger partial charge in [-0.2, -0.15) is 5.12 Å². The van der Waals surface area contributed by atoms with Gasteiger partial charge in [-0.05, 0) is 49.7 Å². The number of benzene rings is 1. The van der Waals surface area contributed by atoms with Crippen molar-refractivity contribution in [2.75, 3.05) is 7.05 Å². The number of hydrogen-bond donors (Lipinski definition) is 0. The fourth-order valence-corrected chi connectivity index (χ4v) is 3.56. The second kappa shape index (κ2) is 8.65. The molecule has 0 atom stereocenters. The molecule has 3 aromatic rings. The second-order valence-electron chi connectivity index (χ2n) is 7.20. The maximum atomic E-state index is 13.3. The monoisotopic (exact) mass is 409 g/mol. The number of amides is 1. The molecular weight excluding hydrogens is 381 g/mol. The van der Waals surface area contributed by atoms with Crippen molar-refractivity contribution in [3.05, 3.63) is 42.0 Å². The Labute approximate surface area is 176 Å². The molecule has 0 N–H and O–H groups in total. The van der Waals surface area contributed by atoms with Crippen LogP contribution in [0, 0.1) is 5.92 Å². The lowest BCUT2D eigenvalue weighted by atomic mass is 10.2. The average Bonchev–Trinajstić information content (AvgIpc) is 3.43. The Morgan fingerprint density at radius 2 is 2.07 bits per heavy atom. The van der Waals surface area contributed by atoms with E-state index in [0.717, 1.165) is 42.0 Å². The second-order valence-corrected chi connectivity index (χ2v) is 7.20. The van der Waals surface area contributed by atoms with E-state index in [1.807, 2.05) is 31.5 Å². The summed E-state index contributed by atoms with van der Waals surface area (Å²) >= 11 is 0. The van der Waals surface area contributed by atoms with E-state index in [4.69, 9.17) is 4.98 Å². The number of aromatic nitrogens is 3. The normalized spacial score (nSPS) is 13.0. The molecule has 1 aromatic carbocycles. The fourth-order valence-electron chi connectivity index (χ4n) is 3.56. The Morgan fingerprint density at radius 3 is 2.63 bits per heavy atom. The minimum atomic E-state index is -0.696.